The molecule has 5 rings (SSSR count). The van der Waals surface area contributed by atoms with Gasteiger partial charge in [0.05, 0.1) is 5.75 Å². The van der Waals surface area contributed by atoms with Gasteiger partial charge in [0.1, 0.15) is 0 Å². The summed E-state index contributed by atoms with van der Waals surface area (Å²) in [4.78, 5) is 11.2. The fourth-order valence-electron chi connectivity index (χ4n) is 5.16. The summed E-state index contributed by atoms with van der Waals surface area (Å²) in [6.45, 7) is 2.15. The summed E-state index contributed by atoms with van der Waals surface area (Å²) < 4.78 is 0. The van der Waals surface area contributed by atoms with Crippen LogP contribution in [-0.4, -0.2) is 22.5 Å². The third kappa shape index (κ3) is 2.10. The summed E-state index contributed by atoms with van der Waals surface area (Å²) in [6.07, 6.45) is 8.31. The second-order valence-electron chi connectivity index (χ2n) is 7.13. The van der Waals surface area contributed by atoms with Crippen molar-refractivity contribution in [2.45, 2.75) is 45.4 Å². The number of carbonyl (C=O) groups excluding carboxylic acids is 1. The molecule has 20 heavy (non-hydrogen) atoms. The Balaban J connectivity index is 1.56. The number of thioether (sulfide) groups is 1. The highest BCUT2D eigenvalue weighted by Gasteiger charge is 2.52. The molecule has 5 heteroatoms. The summed E-state index contributed by atoms with van der Waals surface area (Å²) in [5.41, 5.74) is 1.53. The molecular weight excluding hydrogens is 270 g/mol. The lowest BCUT2D eigenvalue weighted by Gasteiger charge is -2.56. The molecule has 4 saturated carbocycles. The first kappa shape index (κ1) is 12.9. The van der Waals surface area contributed by atoms with Gasteiger partial charge in [0.2, 0.25) is 5.91 Å². The quantitative estimate of drug-likeness (QED) is 0.628. The van der Waals surface area contributed by atoms with Gasteiger partial charge in [-0.05, 0) is 63.2 Å². The van der Waals surface area contributed by atoms with E-state index in [1.54, 1.807) is 0 Å². The number of hydrogen-bond acceptors (Lipinski definition) is 4. The molecule has 5 fully saturated rings. The van der Waals surface area contributed by atoms with Gasteiger partial charge < -0.3 is 5.32 Å². The molecule has 0 aromatic heterocycles. The molecule has 1 heterocycles. The number of amides is 1. The van der Waals surface area contributed by atoms with E-state index in [1.807, 2.05) is 0 Å². The maximum atomic E-state index is 11.2. The van der Waals surface area contributed by atoms with E-state index >= 15 is 0 Å². The predicted octanol–water partition coefficient (Wildman–Crippen LogP) is 2.80. The number of carbonyl (C=O) groups is 1. The number of amidine groups is 1. The standard InChI is InChI=1S/C15H21N3OS/c1-9(17-18-14-16-13(19)8-20-14)15-5-10-2-11(6-15)4-12(3-10)7-15/h10-12H,2-8H2,1H3,(H,16,18,19). The van der Waals surface area contributed by atoms with Crippen molar-refractivity contribution >= 4 is 28.5 Å². The topological polar surface area (TPSA) is 53.8 Å². The molecule has 1 aliphatic heterocycles. The molecule has 108 valence electrons. The molecule has 1 amide bonds. The van der Waals surface area contributed by atoms with Crippen molar-refractivity contribution in [1.29, 1.82) is 0 Å². The van der Waals surface area contributed by atoms with Crippen molar-refractivity contribution in [2.24, 2.45) is 33.4 Å². The normalized spacial score (nSPS) is 45.2. The van der Waals surface area contributed by atoms with Gasteiger partial charge in [-0.15, -0.1) is 5.10 Å². The minimum absolute atomic E-state index is 0.0383. The Hall–Kier alpha value is -0.840. The van der Waals surface area contributed by atoms with Gasteiger partial charge in [-0.3, -0.25) is 4.79 Å². The lowest BCUT2D eigenvalue weighted by atomic mass is 9.48. The average Bonchev–Trinajstić information content (AvgIpc) is 2.80. The summed E-state index contributed by atoms with van der Waals surface area (Å²) in [5.74, 6) is 3.31. The van der Waals surface area contributed by atoms with E-state index in [4.69, 9.17) is 0 Å². The fourth-order valence-corrected chi connectivity index (χ4v) is 5.78. The summed E-state index contributed by atoms with van der Waals surface area (Å²) in [5, 5.41) is 12.2. The molecule has 0 aromatic carbocycles. The lowest BCUT2D eigenvalue weighted by Crippen LogP contribution is -2.49. The highest BCUT2D eigenvalue weighted by Crippen LogP contribution is 2.60. The second kappa shape index (κ2) is 4.58. The van der Waals surface area contributed by atoms with Crippen LogP contribution in [-0.2, 0) is 4.79 Å². The zero-order valence-corrected chi connectivity index (χ0v) is 12.7. The van der Waals surface area contributed by atoms with E-state index < -0.39 is 0 Å². The van der Waals surface area contributed by atoms with Crippen LogP contribution >= 0.6 is 11.8 Å². The molecular formula is C15H21N3OS. The highest BCUT2D eigenvalue weighted by atomic mass is 32.2. The molecule has 0 unspecified atom stereocenters. The van der Waals surface area contributed by atoms with E-state index in [9.17, 15) is 4.79 Å². The first-order valence-corrected chi connectivity index (χ1v) is 8.67. The van der Waals surface area contributed by atoms with Gasteiger partial charge in [0.15, 0.2) is 5.17 Å². The van der Waals surface area contributed by atoms with Crippen LogP contribution in [0.25, 0.3) is 0 Å². The van der Waals surface area contributed by atoms with Crippen LogP contribution in [0.3, 0.4) is 0 Å². The number of nitrogens with zero attached hydrogens (tertiary/aromatic N) is 2. The van der Waals surface area contributed by atoms with Gasteiger partial charge in [-0.2, -0.15) is 5.10 Å². The predicted molar refractivity (Wildman–Crippen MR) is 81.7 cm³/mol. The molecule has 0 spiro atoms. The van der Waals surface area contributed by atoms with Gasteiger partial charge in [-0.25, -0.2) is 0 Å². The Labute approximate surface area is 123 Å². The zero-order chi connectivity index (χ0) is 13.7. The minimum atomic E-state index is 0.0383. The molecule has 0 atom stereocenters. The molecule has 5 aliphatic rings. The largest absolute Gasteiger partial charge is 0.303 e. The molecule has 4 bridgehead atoms. The summed E-state index contributed by atoms with van der Waals surface area (Å²) >= 11 is 1.45. The number of hydrogen-bond donors (Lipinski definition) is 1. The SMILES string of the molecule is CC(=NN=C1NC(=O)CS1)C12CC3CC(CC(C3)C1)C2. The van der Waals surface area contributed by atoms with Crippen molar-refractivity contribution in [3.05, 3.63) is 0 Å². The Morgan fingerprint density at radius 3 is 2.30 bits per heavy atom. The van der Waals surface area contributed by atoms with Crippen molar-refractivity contribution in [1.82, 2.24) is 5.32 Å². The Bertz CT molecular complexity index is 476. The van der Waals surface area contributed by atoms with E-state index in [1.165, 1.54) is 56.0 Å². The van der Waals surface area contributed by atoms with E-state index in [-0.39, 0.29) is 5.91 Å². The first-order chi connectivity index (χ1) is 9.63. The van der Waals surface area contributed by atoms with Crippen molar-refractivity contribution in [2.75, 3.05) is 5.75 Å². The summed E-state index contributed by atoms with van der Waals surface area (Å²) in [6, 6.07) is 0. The molecule has 4 nitrogen and oxygen atoms in total. The van der Waals surface area contributed by atoms with Crippen LogP contribution in [0.5, 0.6) is 0 Å². The van der Waals surface area contributed by atoms with Crippen molar-refractivity contribution < 1.29 is 4.79 Å². The third-order valence-corrected chi connectivity index (χ3v) is 6.55. The fraction of sp³-hybridized carbons (Fsp3) is 0.800. The van der Waals surface area contributed by atoms with Gasteiger partial charge >= 0.3 is 0 Å². The average molecular weight is 291 g/mol. The van der Waals surface area contributed by atoms with Crippen molar-refractivity contribution in [3.8, 4) is 0 Å². The zero-order valence-electron chi connectivity index (χ0n) is 11.9. The maximum Gasteiger partial charge on any atom is 0.236 e. The molecule has 0 radical (unpaired) electrons. The smallest absolute Gasteiger partial charge is 0.236 e. The number of nitrogens with one attached hydrogen (secondary N) is 1. The monoisotopic (exact) mass is 291 g/mol. The van der Waals surface area contributed by atoms with Crippen molar-refractivity contribution in [3.63, 3.8) is 0 Å². The highest BCUT2D eigenvalue weighted by molar-refractivity contribution is 8.15. The maximum absolute atomic E-state index is 11.2. The molecule has 0 aromatic rings. The summed E-state index contributed by atoms with van der Waals surface area (Å²) in [7, 11) is 0. The number of rotatable bonds is 2. The van der Waals surface area contributed by atoms with Crippen LogP contribution in [0.1, 0.15) is 45.4 Å². The van der Waals surface area contributed by atoms with Crippen LogP contribution in [0.15, 0.2) is 10.2 Å². The van der Waals surface area contributed by atoms with Gasteiger partial charge in [0.25, 0.3) is 0 Å². The Morgan fingerprint density at radius 1 is 1.20 bits per heavy atom. The first-order valence-electron chi connectivity index (χ1n) is 7.68. The Kier molecular flexibility index (Phi) is 2.95. The van der Waals surface area contributed by atoms with E-state index in [2.05, 4.69) is 22.4 Å². The van der Waals surface area contributed by atoms with E-state index in [0.717, 1.165) is 17.8 Å². The second-order valence-corrected chi connectivity index (χ2v) is 8.09. The van der Waals surface area contributed by atoms with Crippen LogP contribution in [0, 0.1) is 23.2 Å². The van der Waals surface area contributed by atoms with Crippen LogP contribution in [0.4, 0.5) is 0 Å². The van der Waals surface area contributed by atoms with E-state index in [0.29, 0.717) is 16.3 Å². The van der Waals surface area contributed by atoms with Gasteiger partial charge in [-0.1, -0.05) is 11.8 Å². The third-order valence-electron chi connectivity index (χ3n) is 5.68. The Morgan fingerprint density at radius 2 is 1.80 bits per heavy atom. The van der Waals surface area contributed by atoms with Crippen LogP contribution in [0.2, 0.25) is 0 Å². The lowest BCUT2D eigenvalue weighted by molar-refractivity contribution is -0.116. The minimum Gasteiger partial charge on any atom is -0.303 e. The van der Waals surface area contributed by atoms with Crippen LogP contribution < -0.4 is 5.32 Å². The molecule has 1 saturated heterocycles. The molecule has 4 aliphatic carbocycles. The molecule has 1 N–H and O–H groups in total. The van der Waals surface area contributed by atoms with Gasteiger partial charge in [0, 0.05) is 11.1 Å².